The summed E-state index contributed by atoms with van der Waals surface area (Å²) in [7, 11) is -2.03. The number of rotatable bonds is 2. The molecular formula is C12H17ClFN3O2S. The number of sulfonamides is 1. The molecule has 0 aromatic heterocycles. The van der Waals surface area contributed by atoms with Crippen LogP contribution < -0.4 is 5.73 Å². The van der Waals surface area contributed by atoms with Crippen molar-refractivity contribution in [1.29, 1.82) is 0 Å². The van der Waals surface area contributed by atoms with Crippen molar-refractivity contribution in [1.82, 2.24) is 9.21 Å². The Morgan fingerprint density at radius 3 is 2.65 bits per heavy atom. The van der Waals surface area contributed by atoms with Gasteiger partial charge >= 0.3 is 0 Å². The molecule has 1 aliphatic rings. The highest BCUT2D eigenvalue weighted by atomic mass is 35.5. The molecule has 112 valence electrons. The number of halogens is 2. The molecule has 1 atom stereocenters. The summed E-state index contributed by atoms with van der Waals surface area (Å²) in [5, 5.41) is -0.287. The highest BCUT2D eigenvalue weighted by molar-refractivity contribution is 7.89. The molecule has 1 aromatic rings. The van der Waals surface area contributed by atoms with Crippen LogP contribution in [0.25, 0.3) is 0 Å². The maximum atomic E-state index is 14.0. The van der Waals surface area contributed by atoms with Gasteiger partial charge in [0.1, 0.15) is 4.90 Å². The van der Waals surface area contributed by atoms with Crippen LogP contribution in [0.15, 0.2) is 17.0 Å². The van der Waals surface area contributed by atoms with Crippen molar-refractivity contribution in [2.75, 3.05) is 32.4 Å². The second-order valence-electron chi connectivity index (χ2n) is 5.04. The van der Waals surface area contributed by atoms with E-state index in [4.69, 9.17) is 17.3 Å². The third kappa shape index (κ3) is 2.76. The van der Waals surface area contributed by atoms with E-state index in [1.54, 1.807) is 6.92 Å². The van der Waals surface area contributed by atoms with E-state index in [-0.39, 0.29) is 16.8 Å². The van der Waals surface area contributed by atoms with Crippen LogP contribution >= 0.6 is 11.6 Å². The summed E-state index contributed by atoms with van der Waals surface area (Å²) >= 11 is 5.68. The Balaban J connectivity index is 2.46. The number of hydrogen-bond donors (Lipinski definition) is 1. The van der Waals surface area contributed by atoms with E-state index in [0.29, 0.717) is 19.6 Å². The zero-order valence-electron chi connectivity index (χ0n) is 11.3. The van der Waals surface area contributed by atoms with E-state index in [1.807, 2.05) is 11.9 Å². The van der Waals surface area contributed by atoms with Crippen LogP contribution in [0.4, 0.5) is 10.1 Å². The smallest absolute Gasteiger partial charge is 0.246 e. The maximum Gasteiger partial charge on any atom is 0.246 e. The summed E-state index contributed by atoms with van der Waals surface area (Å²) in [6.07, 6.45) is 0. The number of likely N-dealkylation sites (N-methyl/N-ethyl adjacent to an activating group) is 1. The van der Waals surface area contributed by atoms with Crippen molar-refractivity contribution in [3.05, 3.63) is 23.0 Å². The number of nitrogens with two attached hydrogens (primary N) is 1. The predicted molar refractivity (Wildman–Crippen MR) is 76.7 cm³/mol. The average Bonchev–Trinajstić information content (AvgIpc) is 2.33. The average molecular weight is 322 g/mol. The molecule has 2 N–H and O–H groups in total. The standard InChI is InChI=1S/C12H17ClFN3O2S/c1-8-7-16(2)3-4-17(8)20(18,19)11-6-9(15)5-10(13)12(11)14/h5-6,8H,3-4,7,15H2,1-2H3. The number of nitrogens with zero attached hydrogens (tertiary/aromatic N) is 2. The van der Waals surface area contributed by atoms with E-state index < -0.39 is 20.7 Å². The van der Waals surface area contributed by atoms with Gasteiger partial charge in [0.15, 0.2) is 5.82 Å². The third-order valence-electron chi connectivity index (χ3n) is 3.37. The first kappa shape index (κ1) is 15.5. The molecule has 1 aliphatic heterocycles. The number of hydrogen-bond acceptors (Lipinski definition) is 4. The van der Waals surface area contributed by atoms with Crippen molar-refractivity contribution in [3.63, 3.8) is 0 Å². The molecule has 8 heteroatoms. The largest absolute Gasteiger partial charge is 0.399 e. The molecule has 0 saturated carbocycles. The van der Waals surface area contributed by atoms with Crippen molar-refractivity contribution in [3.8, 4) is 0 Å². The minimum atomic E-state index is -3.94. The SMILES string of the molecule is CC1CN(C)CCN1S(=O)(=O)c1cc(N)cc(Cl)c1F. The van der Waals surface area contributed by atoms with Crippen molar-refractivity contribution in [2.45, 2.75) is 17.9 Å². The molecule has 0 bridgehead atoms. The Morgan fingerprint density at radius 2 is 2.05 bits per heavy atom. The van der Waals surface area contributed by atoms with Gasteiger partial charge in [0.2, 0.25) is 10.0 Å². The summed E-state index contributed by atoms with van der Waals surface area (Å²) in [6.45, 7) is 3.29. The lowest BCUT2D eigenvalue weighted by atomic mass is 10.2. The molecule has 0 aliphatic carbocycles. The summed E-state index contributed by atoms with van der Waals surface area (Å²) in [5.74, 6) is -0.952. The molecule has 1 saturated heterocycles. The van der Waals surface area contributed by atoms with Crippen molar-refractivity contribution in [2.24, 2.45) is 0 Å². The quantitative estimate of drug-likeness (QED) is 0.836. The van der Waals surface area contributed by atoms with Gasteiger partial charge in [0.05, 0.1) is 5.02 Å². The van der Waals surface area contributed by atoms with E-state index in [2.05, 4.69) is 0 Å². The van der Waals surface area contributed by atoms with Gasteiger partial charge in [-0.25, -0.2) is 12.8 Å². The number of benzene rings is 1. The van der Waals surface area contributed by atoms with Crippen molar-refractivity contribution < 1.29 is 12.8 Å². The van der Waals surface area contributed by atoms with Gasteiger partial charge in [0, 0.05) is 31.4 Å². The minimum absolute atomic E-state index is 0.122. The van der Waals surface area contributed by atoms with Crippen molar-refractivity contribution >= 4 is 27.3 Å². The number of nitrogen functional groups attached to an aromatic ring is 1. The van der Waals surface area contributed by atoms with E-state index in [1.165, 1.54) is 10.4 Å². The highest BCUT2D eigenvalue weighted by Crippen LogP contribution is 2.29. The van der Waals surface area contributed by atoms with Gasteiger partial charge in [-0.3, -0.25) is 0 Å². The van der Waals surface area contributed by atoms with E-state index in [0.717, 1.165) is 6.07 Å². The number of piperazine rings is 1. The Kier molecular flexibility index (Phi) is 4.24. The Bertz CT molecular complexity index is 623. The van der Waals surface area contributed by atoms with Gasteiger partial charge in [-0.2, -0.15) is 4.31 Å². The number of anilines is 1. The first-order valence-electron chi connectivity index (χ1n) is 6.18. The van der Waals surface area contributed by atoms with E-state index >= 15 is 0 Å². The normalized spacial score (nSPS) is 22.1. The third-order valence-corrected chi connectivity index (χ3v) is 5.66. The second-order valence-corrected chi connectivity index (χ2v) is 7.31. The fraction of sp³-hybridized carbons (Fsp3) is 0.500. The minimum Gasteiger partial charge on any atom is -0.399 e. The molecule has 0 spiro atoms. The fourth-order valence-electron chi connectivity index (χ4n) is 2.38. The molecule has 1 aromatic carbocycles. The van der Waals surface area contributed by atoms with Crippen LogP contribution in [0.1, 0.15) is 6.92 Å². The van der Waals surface area contributed by atoms with Gasteiger partial charge in [-0.05, 0) is 26.1 Å². The molecule has 0 amide bonds. The van der Waals surface area contributed by atoms with Crippen LogP contribution in [-0.2, 0) is 10.0 Å². The van der Waals surface area contributed by atoms with Gasteiger partial charge < -0.3 is 10.6 Å². The van der Waals surface area contributed by atoms with Crippen LogP contribution in [0.2, 0.25) is 5.02 Å². The van der Waals surface area contributed by atoms with Crippen LogP contribution in [0, 0.1) is 5.82 Å². The lowest BCUT2D eigenvalue weighted by molar-refractivity contribution is 0.170. The topological polar surface area (TPSA) is 66.6 Å². The maximum absolute atomic E-state index is 14.0. The first-order valence-corrected chi connectivity index (χ1v) is 8.00. The molecule has 20 heavy (non-hydrogen) atoms. The van der Waals surface area contributed by atoms with Crippen LogP contribution in [-0.4, -0.2) is 50.3 Å². The van der Waals surface area contributed by atoms with Crippen LogP contribution in [0.3, 0.4) is 0 Å². The predicted octanol–water partition coefficient (Wildman–Crippen LogP) is 1.39. The molecule has 5 nitrogen and oxygen atoms in total. The zero-order chi connectivity index (χ0) is 15.1. The molecule has 1 unspecified atom stereocenters. The lowest BCUT2D eigenvalue weighted by Gasteiger charge is -2.37. The summed E-state index contributed by atoms with van der Waals surface area (Å²) in [6, 6.07) is 2.07. The monoisotopic (exact) mass is 321 g/mol. The Labute approximate surface area is 123 Å². The highest BCUT2D eigenvalue weighted by Gasteiger charge is 2.35. The molecule has 2 rings (SSSR count). The molecule has 0 radical (unpaired) electrons. The molecule has 1 fully saturated rings. The van der Waals surface area contributed by atoms with Crippen LogP contribution in [0.5, 0.6) is 0 Å². The lowest BCUT2D eigenvalue weighted by Crippen LogP contribution is -2.52. The molecule has 1 heterocycles. The first-order chi connectivity index (χ1) is 9.23. The summed E-state index contributed by atoms with van der Waals surface area (Å²) in [4.78, 5) is 1.57. The Hall–Kier alpha value is -0.890. The van der Waals surface area contributed by atoms with E-state index in [9.17, 15) is 12.8 Å². The molecular weight excluding hydrogens is 305 g/mol. The second kappa shape index (κ2) is 5.48. The zero-order valence-corrected chi connectivity index (χ0v) is 12.9. The van der Waals surface area contributed by atoms with Gasteiger partial charge in [-0.1, -0.05) is 11.6 Å². The summed E-state index contributed by atoms with van der Waals surface area (Å²) in [5.41, 5.74) is 5.69. The fourth-order valence-corrected chi connectivity index (χ4v) is 4.40. The van der Waals surface area contributed by atoms with Gasteiger partial charge in [-0.15, -0.1) is 0 Å². The Morgan fingerprint density at radius 1 is 1.40 bits per heavy atom. The van der Waals surface area contributed by atoms with Gasteiger partial charge in [0.25, 0.3) is 0 Å². The summed E-state index contributed by atoms with van der Waals surface area (Å²) < 4.78 is 40.5.